The van der Waals surface area contributed by atoms with Crippen molar-refractivity contribution in [3.63, 3.8) is 0 Å². The van der Waals surface area contributed by atoms with E-state index in [1.54, 1.807) is 30.3 Å². The Morgan fingerprint density at radius 2 is 1.84 bits per heavy atom. The van der Waals surface area contributed by atoms with Gasteiger partial charge in [0.25, 0.3) is 0 Å². The van der Waals surface area contributed by atoms with E-state index in [0.29, 0.717) is 17.7 Å². The van der Waals surface area contributed by atoms with Crippen molar-refractivity contribution in [3.05, 3.63) is 71.0 Å². The van der Waals surface area contributed by atoms with Gasteiger partial charge in [-0.3, -0.25) is 5.32 Å². The zero-order valence-corrected chi connectivity index (χ0v) is 10.1. The lowest BCUT2D eigenvalue weighted by Gasteiger charge is -2.13. The molecule has 1 aliphatic rings. The fraction of sp³-hybridized carbons (Fsp3) is 0.133. The molecule has 0 bridgehead atoms. The number of benzene rings is 2. The van der Waals surface area contributed by atoms with Crippen molar-refractivity contribution >= 4 is 5.97 Å². The Hall–Kier alpha value is -2.20. The average Bonchev–Trinajstić information content (AvgIpc) is 2.75. The zero-order chi connectivity index (χ0) is 13.2. The molecule has 4 heteroatoms. The smallest absolute Gasteiger partial charge is 0.340 e. The molecule has 19 heavy (non-hydrogen) atoms. The van der Waals surface area contributed by atoms with Gasteiger partial charge in [-0.1, -0.05) is 36.4 Å². The molecule has 0 fully saturated rings. The van der Waals surface area contributed by atoms with Crippen molar-refractivity contribution in [1.82, 2.24) is 5.32 Å². The lowest BCUT2D eigenvalue weighted by molar-refractivity contribution is 0.0303. The van der Waals surface area contributed by atoms with E-state index in [2.05, 4.69) is 5.32 Å². The third-order valence-corrected chi connectivity index (χ3v) is 3.12. The maximum atomic E-state index is 13.5. The zero-order valence-electron chi connectivity index (χ0n) is 10.1. The minimum atomic E-state index is -0.511. The first-order chi connectivity index (χ1) is 9.25. The standard InChI is InChI=1S/C15H12FNO2/c16-13-8-4-1-5-10(13)9-17-14-11-6-2-3-7-12(11)15(18)19-14/h1-8,14,17H,9H2. The molecular weight excluding hydrogens is 245 g/mol. The first-order valence-corrected chi connectivity index (χ1v) is 6.02. The fourth-order valence-corrected chi connectivity index (χ4v) is 2.14. The molecule has 0 saturated heterocycles. The Labute approximate surface area is 110 Å². The summed E-state index contributed by atoms with van der Waals surface area (Å²) in [5.41, 5.74) is 1.90. The molecule has 0 saturated carbocycles. The first kappa shape index (κ1) is 11.9. The Morgan fingerprint density at radius 3 is 2.68 bits per heavy atom. The molecule has 1 atom stereocenters. The van der Waals surface area contributed by atoms with Gasteiger partial charge in [0.1, 0.15) is 5.82 Å². The van der Waals surface area contributed by atoms with Crippen LogP contribution in [0.3, 0.4) is 0 Å². The number of cyclic esters (lactones) is 1. The van der Waals surface area contributed by atoms with Gasteiger partial charge >= 0.3 is 5.97 Å². The molecule has 2 aromatic carbocycles. The van der Waals surface area contributed by atoms with Gasteiger partial charge in [0.2, 0.25) is 0 Å². The SMILES string of the molecule is O=C1OC(NCc2ccccc2F)c2ccccc21. The number of carbonyl (C=O) groups excluding carboxylic acids is 1. The molecule has 3 rings (SSSR count). The van der Waals surface area contributed by atoms with Gasteiger partial charge in [-0.15, -0.1) is 0 Å². The molecule has 96 valence electrons. The molecule has 1 heterocycles. The van der Waals surface area contributed by atoms with Crippen molar-refractivity contribution in [1.29, 1.82) is 0 Å². The van der Waals surface area contributed by atoms with E-state index in [-0.39, 0.29) is 11.8 Å². The van der Waals surface area contributed by atoms with Gasteiger partial charge in [-0.2, -0.15) is 0 Å². The van der Waals surface area contributed by atoms with E-state index in [9.17, 15) is 9.18 Å². The fourth-order valence-electron chi connectivity index (χ4n) is 2.14. The third-order valence-electron chi connectivity index (χ3n) is 3.12. The maximum absolute atomic E-state index is 13.5. The number of esters is 1. The quantitative estimate of drug-likeness (QED) is 0.859. The largest absolute Gasteiger partial charge is 0.439 e. The second-order valence-corrected chi connectivity index (χ2v) is 4.34. The van der Waals surface area contributed by atoms with Gasteiger partial charge in [-0.25, -0.2) is 9.18 Å². The van der Waals surface area contributed by atoms with Crippen LogP contribution in [0.4, 0.5) is 4.39 Å². The average molecular weight is 257 g/mol. The van der Waals surface area contributed by atoms with Gasteiger partial charge in [0, 0.05) is 17.7 Å². The highest BCUT2D eigenvalue weighted by molar-refractivity contribution is 5.93. The van der Waals surface area contributed by atoms with Crippen LogP contribution < -0.4 is 5.32 Å². The van der Waals surface area contributed by atoms with Crippen molar-refractivity contribution in [2.75, 3.05) is 0 Å². The highest BCUT2D eigenvalue weighted by Gasteiger charge is 2.29. The molecule has 0 aliphatic carbocycles. The summed E-state index contributed by atoms with van der Waals surface area (Å²) in [6.07, 6.45) is -0.511. The summed E-state index contributed by atoms with van der Waals surface area (Å²) in [7, 11) is 0. The molecule has 3 nitrogen and oxygen atoms in total. The van der Waals surface area contributed by atoms with E-state index in [1.807, 2.05) is 12.1 Å². The Balaban J connectivity index is 1.76. The molecule has 1 aliphatic heterocycles. The van der Waals surface area contributed by atoms with Crippen LogP contribution in [0.25, 0.3) is 0 Å². The van der Waals surface area contributed by atoms with Gasteiger partial charge in [0.05, 0.1) is 5.56 Å². The number of carbonyl (C=O) groups is 1. The summed E-state index contributed by atoms with van der Waals surface area (Å²) in [5.74, 6) is -0.616. The summed E-state index contributed by atoms with van der Waals surface area (Å²) in [6.45, 7) is 0.305. The Bertz CT molecular complexity index is 627. The summed E-state index contributed by atoms with van der Waals surface area (Å²) < 4.78 is 18.7. The number of fused-ring (bicyclic) bond motifs is 1. The molecule has 0 aromatic heterocycles. The predicted octanol–water partition coefficient (Wildman–Crippen LogP) is 2.78. The highest BCUT2D eigenvalue weighted by Crippen LogP contribution is 2.28. The molecule has 2 aromatic rings. The van der Waals surface area contributed by atoms with Gasteiger partial charge in [-0.05, 0) is 12.1 Å². The van der Waals surface area contributed by atoms with E-state index in [0.717, 1.165) is 5.56 Å². The normalized spacial score (nSPS) is 17.1. The second-order valence-electron chi connectivity index (χ2n) is 4.34. The maximum Gasteiger partial charge on any atom is 0.340 e. The van der Waals surface area contributed by atoms with E-state index in [1.165, 1.54) is 6.07 Å². The van der Waals surface area contributed by atoms with Crippen LogP contribution in [0.5, 0.6) is 0 Å². The minimum Gasteiger partial charge on any atom is -0.439 e. The van der Waals surface area contributed by atoms with Crippen LogP contribution in [-0.2, 0) is 11.3 Å². The molecular formula is C15H12FNO2. The van der Waals surface area contributed by atoms with Crippen LogP contribution in [-0.4, -0.2) is 5.97 Å². The summed E-state index contributed by atoms with van der Waals surface area (Å²) >= 11 is 0. The van der Waals surface area contributed by atoms with Crippen LogP contribution in [0.2, 0.25) is 0 Å². The molecule has 0 amide bonds. The monoisotopic (exact) mass is 257 g/mol. The number of rotatable bonds is 3. The van der Waals surface area contributed by atoms with Gasteiger partial charge < -0.3 is 4.74 Å². The van der Waals surface area contributed by atoms with Crippen LogP contribution in [0.15, 0.2) is 48.5 Å². The molecule has 0 spiro atoms. The number of halogens is 1. The van der Waals surface area contributed by atoms with Crippen LogP contribution in [0.1, 0.15) is 27.7 Å². The van der Waals surface area contributed by atoms with E-state index >= 15 is 0 Å². The summed E-state index contributed by atoms with van der Waals surface area (Å²) in [6, 6.07) is 13.7. The molecule has 0 radical (unpaired) electrons. The summed E-state index contributed by atoms with van der Waals surface area (Å²) in [4.78, 5) is 11.6. The van der Waals surface area contributed by atoms with Crippen molar-refractivity contribution in [2.24, 2.45) is 0 Å². The Morgan fingerprint density at radius 1 is 1.11 bits per heavy atom. The lowest BCUT2D eigenvalue weighted by atomic mass is 10.1. The predicted molar refractivity (Wildman–Crippen MR) is 67.8 cm³/mol. The number of nitrogens with one attached hydrogen (secondary N) is 1. The van der Waals surface area contributed by atoms with Crippen molar-refractivity contribution in [3.8, 4) is 0 Å². The lowest BCUT2D eigenvalue weighted by Crippen LogP contribution is -2.21. The second kappa shape index (κ2) is 4.82. The minimum absolute atomic E-state index is 0.271. The van der Waals surface area contributed by atoms with Crippen molar-refractivity contribution < 1.29 is 13.9 Å². The van der Waals surface area contributed by atoms with Gasteiger partial charge in [0.15, 0.2) is 6.23 Å². The van der Waals surface area contributed by atoms with Crippen LogP contribution in [0, 0.1) is 5.82 Å². The Kier molecular flexibility index (Phi) is 3.01. The number of hydrogen-bond donors (Lipinski definition) is 1. The van der Waals surface area contributed by atoms with E-state index in [4.69, 9.17) is 4.74 Å². The topological polar surface area (TPSA) is 38.3 Å². The molecule has 1 N–H and O–H groups in total. The highest BCUT2D eigenvalue weighted by atomic mass is 19.1. The third kappa shape index (κ3) is 2.22. The first-order valence-electron chi connectivity index (χ1n) is 6.02. The molecule has 1 unspecified atom stereocenters. The summed E-state index contributed by atoms with van der Waals surface area (Å²) in [5, 5.41) is 3.04. The van der Waals surface area contributed by atoms with Crippen LogP contribution >= 0.6 is 0 Å². The number of ether oxygens (including phenoxy) is 1. The van der Waals surface area contributed by atoms with E-state index < -0.39 is 6.23 Å². The van der Waals surface area contributed by atoms with Crippen molar-refractivity contribution in [2.45, 2.75) is 12.8 Å². The number of hydrogen-bond acceptors (Lipinski definition) is 3.